The molecule has 4 nitrogen and oxygen atoms in total. The maximum atomic E-state index is 7.55. The highest BCUT2D eigenvalue weighted by molar-refractivity contribution is 5.60. The molecular weight excluding hydrogens is 977 g/mol. The van der Waals surface area contributed by atoms with Crippen LogP contribution in [0.15, 0.2) is 48.5 Å². The van der Waals surface area contributed by atoms with Crippen LogP contribution in [0.25, 0.3) is 0 Å². The molecule has 1 aliphatic rings. The summed E-state index contributed by atoms with van der Waals surface area (Å²) in [4.78, 5) is 0. The summed E-state index contributed by atoms with van der Waals surface area (Å²) in [6.45, 7) is 50.1. The number of rotatable bonds is 28. The second-order valence-corrected chi connectivity index (χ2v) is 29.1. The third-order valence-corrected chi connectivity index (χ3v) is 18.0. The molecule has 4 aromatic carbocycles. The summed E-state index contributed by atoms with van der Waals surface area (Å²) >= 11 is 0. The van der Waals surface area contributed by atoms with Gasteiger partial charge in [-0.15, -0.1) is 0 Å². The Kier molecular flexibility index (Phi) is 25.6. The van der Waals surface area contributed by atoms with Gasteiger partial charge in [0.25, 0.3) is 0 Å². The molecule has 0 amide bonds. The molecule has 8 bridgehead atoms. The van der Waals surface area contributed by atoms with Gasteiger partial charge >= 0.3 is 0 Å². The lowest BCUT2D eigenvalue weighted by Gasteiger charge is -2.30. The first-order valence-corrected chi connectivity index (χ1v) is 33.0. The molecule has 4 unspecified atom stereocenters. The van der Waals surface area contributed by atoms with E-state index in [0.29, 0.717) is 75.8 Å². The third-order valence-electron chi connectivity index (χ3n) is 18.0. The van der Waals surface area contributed by atoms with Gasteiger partial charge in [0.15, 0.2) is 0 Å². The summed E-state index contributed by atoms with van der Waals surface area (Å²) in [6, 6.07) is 20.1. The van der Waals surface area contributed by atoms with E-state index in [0.717, 1.165) is 48.7 Å². The summed E-state index contributed by atoms with van der Waals surface area (Å²) in [5.74, 6) is 6.12. The third kappa shape index (κ3) is 19.1. The number of fused-ring (bicyclic) bond motifs is 8. The van der Waals surface area contributed by atoms with Crippen LogP contribution < -0.4 is 18.9 Å². The maximum absolute atomic E-state index is 7.55. The van der Waals surface area contributed by atoms with Crippen molar-refractivity contribution in [2.45, 2.75) is 289 Å². The number of unbranched alkanes of at least 4 members (excludes halogenated alkanes) is 4. The van der Waals surface area contributed by atoms with Crippen molar-refractivity contribution in [2.24, 2.45) is 23.7 Å². The van der Waals surface area contributed by atoms with E-state index in [9.17, 15) is 0 Å². The molecule has 0 heterocycles. The van der Waals surface area contributed by atoms with Gasteiger partial charge in [0.05, 0.1) is 26.4 Å². The van der Waals surface area contributed by atoms with Gasteiger partial charge < -0.3 is 18.9 Å². The van der Waals surface area contributed by atoms with Gasteiger partial charge in [-0.1, -0.05) is 264 Å². The molecule has 0 aromatic heterocycles. The fourth-order valence-corrected chi connectivity index (χ4v) is 11.8. The normalized spacial score (nSPS) is 14.8. The molecule has 0 aliphatic heterocycles. The van der Waals surface area contributed by atoms with Gasteiger partial charge in [-0.25, -0.2) is 0 Å². The van der Waals surface area contributed by atoms with Crippen LogP contribution in [-0.4, -0.2) is 26.4 Å². The van der Waals surface area contributed by atoms with Crippen molar-refractivity contribution >= 4 is 0 Å². The standard InChI is InChI=1S/C76H120O4/c1-21-29-33-53(25-5)49-77-69-57-37-59-43-66(74(12,13)14)45-61(70(59)78-50-54(26-6)34-30-22-2)39-63-47-68(76(18,19)20)48-64(72(63)80-52-56(28-8)36-32-24-4)40-62-46-67(75(15,16)17)44-60(38-58(69)42-65(41-57)73(9,10)11)71(62)79-51-55(27-7)35-31-23-3/h41-48,53-56H,21-40,49-52H2,1-20H3. The Morgan fingerprint density at radius 2 is 0.450 bits per heavy atom. The minimum atomic E-state index is -0.107. The Morgan fingerprint density at radius 1 is 0.287 bits per heavy atom. The van der Waals surface area contributed by atoms with Gasteiger partial charge in [0.1, 0.15) is 23.0 Å². The van der Waals surface area contributed by atoms with Crippen LogP contribution >= 0.6 is 0 Å². The zero-order valence-corrected chi connectivity index (χ0v) is 55.5. The quantitative estimate of drug-likeness (QED) is 0.0500. The van der Waals surface area contributed by atoms with E-state index >= 15 is 0 Å². The van der Waals surface area contributed by atoms with Crippen LogP contribution in [0.3, 0.4) is 0 Å². The molecule has 80 heavy (non-hydrogen) atoms. The molecule has 5 rings (SSSR count). The predicted octanol–water partition coefficient (Wildman–Crippen LogP) is 21.9. The molecule has 0 N–H and O–H groups in total. The largest absolute Gasteiger partial charge is 0.493 e. The first-order chi connectivity index (χ1) is 37.8. The highest BCUT2D eigenvalue weighted by atomic mass is 16.5. The van der Waals surface area contributed by atoms with Crippen molar-refractivity contribution in [3.63, 3.8) is 0 Å². The smallest absolute Gasteiger partial charge is 0.126 e. The molecule has 4 atom stereocenters. The van der Waals surface area contributed by atoms with E-state index in [-0.39, 0.29) is 21.7 Å². The number of hydrogen-bond acceptors (Lipinski definition) is 4. The van der Waals surface area contributed by atoms with E-state index in [1.807, 2.05) is 0 Å². The molecule has 1 aliphatic carbocycles. The average Bonchev–Trinajstić information content (AvgIpc) is 3.39. The van der Waals surface area contributed by atoms with E-state index in [1.54, 1.807) is 0 Å². The number of benzene rings is 4. The van der Waals surface area contributed by atoms with Crippen LogP contribution in [0.4, 0.5) is 0 Å². The summed E-state index contributed by atoms with van der Waals surface area (Å²) in [5.41, 5.74) is 15.0. The topological polar surface area (TPSA) is 36.9 Å². The Hall–Kier alpha value is -3.92. The average molecular weight is 1100 g/mol. The highest BCUT2D eigenvalue weighted by Crippen LogP contribution is 2.45. The Balaban J connectivity index is 2.04. The Morgan fingerprint density at radius 3 is 0.575 bits per heavy atom. The Bertz CT molecular complexity index is 2070. The molecular formula is C76H120O4. The van der Waals surface area contributed by atoms with Crippen molar-refractivity contribution in [3.8, 4) is 23.0 Å². The molecule has 4 aromatic rings. The van der Waals surface area contributed by atoms with Crippen LogP contribution in [0.5, 0.6) is 23.0 Å². The van der Waals surface area contributed by atoms with Crippen LogP contribution in [0.1, 0.15) is 308 Å². The summed E-state index contributed by atoms with van der Waals surface area (Å²) in [7, 11) is 0. The zero-order chi connectivity index (χ0) is 59.0. The van der Waals surface area contributed by atoms with Crippen molar-refractivity contribution in [1.29, 1.82) is 0 Å². The lowest BCUT2D eigenvalue weighted by molar-refractivity contribution is 0.225. The Labute approximate surface area is 493 Å². The first kappa shape index (κ1) is 66.9. The lowest BCUT2D eigenvalue weighted by Crippen LogP contribution is -2.20. The molecule has 448 valence electrons. The molecule has 0 saturated heterocycles. The van der Waals surface area contributed by atoms with Gasteiger partial charge in [0, 0.05) is 25.7 Å². The van der Waals surface area contributed by atoms with E-state index < -0.39 is 0 Å². The van der Waals surface area contributed by atoms with E-state index in [4.69, 9.17) is 18.9 Å². The summed E-state index contributed by atoms with van der Waals surface area (Å²) < 4.78 is 30.2. The van der Waals surface area contributed by atoms with Crippen molar-refractivity contribution in [1.82, 2.24) is 0 Å². The minimum Gasteiger partial charge on any atom is -0.493 e. The molecule has 0 radical (unpaired) electrons. The fourth-order valence-electron chi connectivity index (χ4n) is 11.8. The second-order valence-electron chi connectivity index (χ2n) is 29.1. The van der Waals surface area contributed by atoms with Crippen molar-refractivity contribution < 1.29 is 18.9 Å². The second kappa shape index (κ2) is 30.6. The SMILES string of the molecule is CCCCC(CC)COc1c2cc(C(C)(C)C)cc1Cc1cc(C(C)(C)C)cc(c1OCC(CC)CCCC)Cc1cc(C(C)(C)C)cc(c1OCC(CC)CCCC)Cc1cc(C(C)(C)C)cc(c1OCC(CC)CCCC)C2. The van der Waals surface area contributed by atoms with Gasteiger partial charge in [0.2, 0.25) is 0 Å². The minimum absolute atomic E-state index is 0.107. The monoisotopic (exact) mass is 1100 g/mol. The van der Waals surface area contributed by atoms with E-state index in [1.165, 1.54) is 144 Å². The zero-order valence-electron chi connectivity index (χ0n) is 55.5. The molecule has 0 saturated carbocycles. The van der Waals surface area contributed by atoms with Crippen molar-refractivity contribution in [3.05, 3.63) is 115 Å². The van der Waals surface area contributed by atoms with Crippen LogP contribution in [-0.2, 0) is 47.3 Å². The fraction of sp³-hybridized carbons (Fsp3) is 0.684. The highest BCUT2D eigenvalue weighted by Gasteiger charge is 2.31. The van der Waals surface area contributed by atoms with Crippen LogP contribution in [0, 0.1) is 23.7 Å². The molecule has 0 fully saturated rings. The van der Waals surface area contributed by atoms with Gasteiger partial charge in [-0.3, -0.25) is 0 Å². The molecule has 4 heteroatoms. The van der Waals surface area contributed by atoms with Gasteiger partial charge in [-0.2, -0.15) is 0 Å². The lowest BCUT2D eigenvalue weighted by atomic mass is 9.79. The molecule has 0 spiro atoms. The van der Waals surface area contributed by atoms with Gasteiger partial charge in [-0.05, 0) is 138 Å². The number of hydrogen-bond donors (Lipinski definition) is 0. The predicted molar refractivity (Wildman–Crippen MR) is 347 cm³/mol. The first-order valence-electron chi connectivity index (χ1n) is 33.0. The maximum Gasteiger partial charge on any atom is 0.126 e. The summed E-state index contributed by atoms with van der Waals surface area (Å²) in [6.07, 6.45) is 21.6. The van der Waals surface area contributed by atoms with Crippen LogP contribution in [0.2, 0.25) is 0 Å². The number of ether oxygens (including phenoxy) is 4. The van der Waals surface area contributed by atoms with Crippen molar-refractivity contribution in [2.75, 3.05) is 26.4 Å². The summed E-state index contributed by atoms with van der Waals surface area (Å²) in [5, 5.41) is 0. The van der Waals surface area contributed by atoms with E-state index in [2.05, 4.69) is 187 Å².